The van der Waals surface area contributed by atoms with Gasteiger partial charge in [-0.15, -0.1) is 0 Å². The van der Waals surface area contributed by atoms with E-state index in [1.54, 1.807) is 4.90 Å². The lowest BCUT2D eigenvalue weighted by atomic mass is 10.5. The highest BCUT2D eigenvalue weighted by molar-refractivity contribution is 5.46. The molecule has 0 saturated carbocycles. The van der Waals surface area contributed by atoms with E-state index in [0.29, 0.717) is 59.3 Å². The lowest BCUT2D eigenvalue weighted by Crippen LogP contribution is -2.26. The second-order valence-corrected chi connectivity index (χ2v) is 4.18. The number of likely N-dealkylation sites (N-methyl/N-ethyl adjacent to an activating group) is 1. The van der Waals surface area contributed by atoms with Crippen molar-refractivity contribution in [3.8, 4) is 0 Å². The monoisotopic (exact) mass is 291 g/mol. The van der Waals surface area contributed by atoms with Crippen molar-refractivity contribution in [2.45, 2.75) is 20.3 Å². The zero-order valence-corrected chi connectivity index (χ0v) is 12.8. The fraction of sp³-hybridized carbons (Fsp3) is 0.929. The van der Waals surface area contributed by atoms with Crippen LogP contribution in [-0.2, 0) is 23.7 Å². The van der Waals surface area contributed by atoms with Gasteiger partial charge in [0.2, 0.25) is 6.41 Å². The average molecular weight is 291 g/mol. The minimum absolute atomic E-state index is 0.538. The summed E-state index contributed by atoms with van der Waals surface area (Å²) in [5.74, 6) is 0. The van der Waals surface area contributed by atoms with Crippen LogP contribution in [0.5, 0.6) is 0 Å². The van der Waals surface area contributed by atoms with Gasteiger partial charge in [-0.05, 0) is 13.3 Å². The van der Waals surface area contributed by atoms with E-state index in [-0.39, 0.29) is 0 Å². The van der Waals surface area contributed by atoms with Crippen LogP contribution in [-0.4, -0.2) is 77.3 Å². The third kappa shape index (κ3) is 13.7. The maximum Gasteiger partial charge on any atom is 0.209 e. The van der Waals surface area contributed by atoms with Gasteiger partial charge in [0.15, 0.2) is 0 Å². The first-order valence-corrected chi connectivity index (χ1v) is 7.35. The fourth-order valence-corrected chi connectivity index (χ4v) is 1.37. The quantitative estimate of drug-likeness (QED) is 0.313. The number of amides is 1. The minimum Gasteiger partial charge on any atom is -0.379 e. The molecule has 6 heteroatoms. The first-order chi connectivity index (χ1) is 9.85. The summed E-state index contributed by atoms with van der Waals surface area (Å²) < 4.78 is 21.3. The lowest BCUT2D eigenvalue weighted by molar-refractivity contribution is -0.118. The van der Waals surface area contributed by atoms with E-state index in [2.05, 4.69) is 6.92 Å². The molecule has 0 aromatic carbocycles. The Morgan fingerprint density at radius 2 is 1.20 bits per heavy atom. The van der Waals surface area contributed by atoms with Crippen molar-refractivity contribution in [2.75, 3.05) is 65.9 Å². The number of carbonyl (C=O) groups is 1. The van der Waals surface area contributed by atoms with Crippen molar-refractivity contribution in [3.63, 3.8) is 0 Å². The van der Waals surface area contributed by atoms with E-state index in [1.165, 1.54) is 0 Å². The summed E-state index contributed by atoms with van der Waals surface area (Å²) >= 11 is 0. The van der Waals surface area contributed by atoms with E-state index < -0.39 is 0 Å². The van der Waals surface area contributed by atoms with Crippen LogP contribution < -0.4 is 0 Å². The van der Waals surface area contributed by atoms with Crippen LogP contribution >= 0.6 is 0 Å². The van der Waals surface area contributed by atoms with Crippen LogP contribution in [0.1, 0.15) is 20.3 Å². The Morgan fingerprint density at radius 3 is 1.60 bits per heavy atom. The smallest absolute Gasteiger partial charge is 0.209 e. The Balaban J connectivity index is 3.04. The molecule has 0 rings (SSSR count). The van der Waals surface area contributed by atoms with Crippen molar-refractivity contribution in [3.05, 3.63) is 0 Å². The van der Waals surface area contributed by atoms with Gasteiger partial charge in [0.05, 0.1) is 46.2 Å². The molecule has 0 bridgehead atoms. The first-order valence-electron chi connectivity index (χ1n) is 7.35. The van der Waals surface area contributed by atoms with Gasteiger partial charge in [-0.3, -0.25) is 4.79 Å². The summed E-state index contributed by atoms with van der Waals surface area (Å²) in [7, 11) is 0. The molecule has 0 atom stereocenters. The SMILES string of the molecule is CCCOCCOCCOCCOCCN(C=O)CC. The number of ether oxygens (including phenoxy) is 4. The number of hydrogen-bond acceptors (Lipinski definition) is 5. The largest absolute Gasteiger partial charge is 0.379 e. The molecular formula is C14H29NO5. The van der Waals surface area contributed by atoms with E-state index in [0.717, 1.165) is 19.4 Å². The molecule has 120 valence electrons. The molecule has 0 N–H and O–H groups in total. The van der Waals surface area contributed by atoms with Gasteiger partial charge in [0.25, 0.3) is 0 Å². The van der Waals surface area contributed by atoms with Crippen molar-refractivity contribution in [1.29, 1.82) is 0 Å². The van der Waals surface area contributed by atoms with Crippen LogP contribution in [0.3, 0.4) is 0 Å². The van der Waals surface area contributed by atoms with Gasteiger partial charge >= 0.3 is 0 Å². The zero-order valence-electron chi connectivity index (χ0n) is 12.8. The molecule has 0 heterocycles. The molecule has 20 heavy (non-hydrogen) atoms. The molecule has 0 radical (unpaired) electrons. The molecule has 6 nitrogen and oxygen atoms in total. The number of hydrogen-bond donors (Lipinski definition) is 0. The predicted octanol–water partition coefficient (Wildman–Crippen LogP) is 0.941. The predicted molar refractivity (Wildman–Crippen MR) is 76.9 cm³/mol. The van der Waals surface area contributed by atoms with E-state index in [1.807, 2.05) is 6.92 Å². The number of nitrogens with zero attached hydrogens (tertiary/aromatic N) is 1. The van der Waals surface area contributed by atoms with Gasteiger partial charge in [-0.2, -0.15) is 0 Å². The number of carbonyl (C=O) groups excluding carboxylic acids is 1. The molecule has 0 unspecified atom stereocenters. The third-order valence-corrected chi connectivity index (χ3v) is 2.54. The van der Waals surface area contributed by atoms with Crippen molar-refractivity contribution >= 4 is 6.41 Å². The summed E-state index contributed by atoms with van der Waals surface area (Å²) in [5.41, 5.74) is 0. The molecule has 0 aliphatic rings. The fourth-order valence-electron chi connectivity index (χ4n) is 1.37. The first kappa shape index (κ1) is 19.3. The second kappa shape index (κ2) is 16.4. The molecule has 0 aromatic rings. The molecule has 0 fully saturated rings. The molecule has 0 aliphatic carbocycles. The molecule has 0 aromatic heterocycles. The standard InChI is InChI=1S/C14H29NO5/c1-3-6-17-8-10-19-12-13-20-11-9-18-7-5-15(4-2)14-16/h14H,3-13H2,1-2H3. The summed E-state index contributed by atoms with van der Waals surface area (Å²) in [4.78, 5) is 12.2. The average Bonchev–Trinajstić information content (AvgIpc) is 2.48. The number of rotatable bonds is 16. The van der Waals surface area contributed by atoms with Gasteiger partial charge in [-0.25, -0.2) is 0 Å². The van der Waals surface area contributed by atoms with Gasteiger partial charge in [0, 0.05) is 19.7 Å². The Kier molecular flexibility index (Phi) is 15.8. The maximum absolute atomic E-state index is 10.5. The van der Waals surface area contributed by atoms with Crippen LogP contribution in [0.4, 0.5) is 0 Å². The highest BCUT2D eigenvalue weighted by atomic mass is 16.6. The van der Waals surface area contributed by atoms with Gasteiger partial charge in [-0.1, -0.05) is 6.92 Å². The zero-order chi connectivity index (χ0) is 14.9. The molecule has 0 aliphatic heterocycles. The van der Waals surface area contributed by atoms with Crippen molar-refractivity contribution < 1.29 is 23.7 Å². The van der Waals surface area contributed by atoms with Crippen molar-refractivity contribution in [1.82, 2.24) is 4.90 Å². The Morgan fingerprint density at radius 1 is 0.750 bits per heavy atom. The molecule has 1 amide bonds. The van der Waals surface area contributed by atoms with E-state index in [9.17, 15) is 4.79 Å². The Hall–Kier alpha value is -0.690. The summed E-state index contributed by atoms with van der Waals surface area (Å²) in [6.07, 6.45) is 1.87. The van der Waals surface area contributed by atoms with Crippen LogP contribution in [0.25, 0.3) is 0 Å². The van der Waals surface area contributed by atoms with Gasteiger partial charge < -0.3 is 23.8 Å². The highest BCUT2D eigenvalue weighted by Gasteiger charge is 1.97. The molecule has 0 spiro atoms. The second-order valence-electron chi connectivity index (χ2n) is 4.18. The summed E-state index contributed by atoms with van der Waals surface area (Å²) in [5, 5.41) is 0. The highest BCUT2D eigenvalue weighted by Crippen LogP contribution is 1.86. The van der Waals surface area contributed by atoms with Crippen LogP contribution in [0.2, 0.25) is 0 Å². The van der Waals surface area contributed by atoms with E-state index in [4.69, 9.17) is 18.9 Å². The normalized spacial score (nSPS) is 10.7. The minimum atomic E-state index is 0.538. The van der Waals surface area contributed by atoms with Crippen molar-refractivity contribution in [2.24, 2.45) is 0 Å². The summed E-state index contributed by atoms with van der Waals surface area (Å²) in [6.45, 7) is 10.2. The summed E-state index contributed by atoms with van der Waals surface area (Å²) in [6, 6.07) is 0. The maximum atomic E-state index is 10.5. The molecule has 0 saturated heterocycles. The Labute approximate surface area is 122 Å². The lowest BCUT2D eigenvalue weighted by Gasteiger charge is -2.14. The van der Waals surface area contributed by atoms with Gasteiger partial charge in [0.1, 0.15) is 0 Å². The Bertz CT molecular complexity index is 204. The van der Waals surface area contributed by atoms with Crippen LogP contribution in [0.15, 0.2) is 0 Å². The topological polar surface area (TPSA) is 57.2 Å². The molecular weight excluding hydrogens is 262 g/mol. The van der Waals surface area contributed by atoms with Crippen LogP contribution in [0, 0.1) is 0 Å². The third-order valence-electron chi connectivity index (χ3n) is 2.54. The van der Waals surface area contributed by atoms with E-state index >= 15 is 0 Å².